The first-order valence-electron chi connectivity index (χ1n) is 7.17. The molecule has 7 nitrogen and oxygen atoms in total. The molecule has 0 saturated heterocycles. The van der Waals surface area contributed by atoms with E-state index in [9.17, 15) is 9.59 Å². The zero-order valence-corrected chi connectivity index (χ0v) is 13.9. The van der Waals surface area contributed by atoms with Crippen LogP contribution in [0.3, 0.4) is 0 Å². The average Bonchev–Trinajstić information content (AvgIpc) is 2.50. The minimum absolute atomic E-state index is 0.187. The molecule has 0 fully saturated rings. The Bertz CT molecular complexity index is 572. The summed E-state index contributed by atoms with van der Waals surface area (Å²) in [6, 6.07) is 4.64. The van der Waals surface area contributed by atoms with E-state index in [0.717, 1.165) is 5.56 Å². The Labute approximate surface area is 135 Å². The van der Waals surface area contributed by atoms with Crippen LogP contribution in [0.2, 0.25) is 0 Å². The predicted octanol–water partition coefficient (Wildman–Crippen LogP) is 1.02. The Balaban J connectivity index is 2.81. The van der Waals surface area contributed by atoms with Gasteiger partial charge < -0.3 is 25.6 Å². The van der Waals surface area contributed by atoms with Crippen molar-refractivity contribution < 1.29 is 24.2 Å². The number of hydrogen-bond acceptors (Lipinski definition) is 6. The van der Waals surface area contributed by atoms with Gasteiger partial charge in [0, 0.05) is 31.3 Å². The lowest BCUT2D eigenvalue weighted by Gasteiger charge is -2.28. The Hall–Kier alpha value is -2.12. The van der Waals surface area contributed by atoms with E-state index >= 15 is 0 Å². The molecule has 1 atom stereocenters. The number of nitrogens with two attached hydrogens (primary N) is 1. The van der Waals surface area contributed by atoms with E-state index in [4.69, 9.17) is 15.6 Å². The molecule has 0 aromatic heterocycles. The summed E-state index contributed by atoms with van der Waals surface area (Å²) in [5, 5.41) is 12.2. The third-order valence-corrected chi connectivity index (χ3v) is 3.67. The summed E-state index contributed by atoms with van der Waals surface area (Å²) in [7, 11) is 2.74. The van der Waals surface area contributed by atoms with Gasteiger partial charge in [0.2, 0.25) is 0 Å². The molecule has 0 radical (unpaired) electrons. The Kier molecular flexibility index (Phi) is 6.53. The number of anilines is 1. The maximum Gasteiger partial charge on any atom is 0.336 e. The molecule has 1 aromatic rings. The summed E-state index contributed by atoms with van der Waals surface area (Å²) in [6.45, 7) is 4.65. The first-order chi connectivity index (χ1) is 10.7. The number of carbonyl (C=O) groups excluding carboxylic acids is 1. The molecule has 1 unspecified atom stereocenters. The van der Waals surface area contributed by atoms with Crippen molar-refractivity contribution in [2.75, 3.05) is 33.0 Å². The van der Waals surface area contributed by atoms with Crippen molar-refractivity contribution in [3.8, 4) is 0 Å². The fraction of sp³-hybridized carbons (Fsp3) is 0.500. The molecule has 1 rings (SSSR count). The summed E-state index contributed by atoms with van der Waals surface area (Å²) in [5.41, 5.74) is 7.00. The highest BCUT2D eigenvalue weighted by Gasteiger charge is 2.25. The largest absolute Gasteiger partial charge is 0.478 e. The Morgan fingerprint density at radius 2 is 2.00 bits per heavy atom. The fourth-order valence-electron chi connectivity index (χ4n) is 2.28. The van der Waals surface area contributed by atoms with Gasteiger partial charge in [-0.05, 0) is 23.8 Å². The number of nitrogen functional groups attached to an aromatic ring is 1. The molecular weight excluding hydrogens is 300 g/mol. The minimum atomic E-state index is -1.000. The molecule has 23 heavy (non-hydrogen) atoms. The van der Waals surface area contributed by atoms with Crippen LogP contribution >= 0.6 is 0 Å². The van der Waals surface area contributed by atoms with Gasteiger partial charge in [0.25, 0.3) is 0 Å². The van der Waals surface area contributed by atoms with Gasteiger partial charge in [-0.3, -0.25) is 0 Å². The highest BCUT2D eigenvalue weighted by atomic mass is 16.6. The van der Waals surface area contributed by atoms with Crippen molar-refractivity contribution in [1.82, 2.24) is 5.32 Å². The van der Waals surface area contributed by atoms with Crippen LogP contribution in [0.5, 0.6) is 0 Å². The number of carboxylic acid groups (broad SMARTS) is 1. The number of carboxylic acids is 1. The summed E-state index contributed by atoms with van der Waals surface area (Å²) in [5.74, 6) is -1.45. The average molecular weight is 324 g/mol. The molecular formula is C16H24N2O5. The van der Waals surface area contributed by atoms with E-state index in [1.54, 1.807) is 12.1 Å². The van der Waals surface area contributed by atoms with Crippen molar-refractivity contribution >= 4 is 17.6 Å². The standard InChI is InChI=1S/C16H24N2O5/c1-16(2,9-18-8-13(22-3)15(21)23-4)11-7-10(14(19)20)5-6-12(11)17/h5-7,13,18H,8-9,17H2,1-4H3,(H,19,20). The fourth-order valence-corrected chi connectivity index (χ4v) is 2.28. The Morgan fingerprint density at radius 3 is 2.52 bits per heavy atom. The van der Waals surface area contributed by atoms with Gasteiger partial charge in [-0.1, -0.05) is 13.8 Å². The number of carbonyl (C=O) groups is 2. The minimum Gasteiger partial charge on any atom is -0.478 e. The van der Waals surface area contributed by atoms with Gasteiger partial charge in [-0.25, -0.2) is 9.59 Å². The lowest BCUT2D eigenvalue weighted by atomic mass is 9.82. The van der Waals surface area contributed by atoms with Crippen molar-refractivity contribution in [2.45, 2.75) is 25.4 Å². The van der Waals surface area contributed by atoms with E-state index in [-0.39, 0.29) is 12.1 Å². The lowest BCUT2D eigenvalue weighted by molar-refractivity contribution is -0.151. The summed E-state index contributed by atoms with van der Waals surface area (Å²) >= 11 is 0. The molecule has 1 aromatic carbocycles. The SMILES string of the molecule is COC(=O)C(CNCC(C)(C)c1cc(C(=O)O)ccc1N)OC. The monoisotopic (exact) mass is 324 g/mol. The van der Waals surface area contributed by atoms with Crippen LogP contribution in [0.25, 0.3) is 0 Å². The second-order valence-corrected chi connectivity index (χ2v) is 5.87. The molecule has 0 spiro atoms. The predicted molar refractivity (Wildman–Crippen MR) is 86.5 cm³/mol. The van der Waals surface area contributed by atoms with E-state index in [0.29, 0.717) is 12.2 Å². The zero-order valence-electron chi connectivity index (χ0n) is 13.9. The summed E-state index contributed by atoms with van der Waals surface area (Å²) < 4.78 is 9.70. The quantitative estimate of drug-likeness (QED) is 0.483. The van der Waals surface area contributed by atoms with Crippen LogP contribution in [0, 0.1) is 0 Å². The third kappa shape index (κ3) is 4.94. The van der Waals surface area contributed by atoms with Gasteiger partial charge in [-0.15, -0.1) is 0 Å². The van der Waals surface area contributed by atoms with Crippen LogP contribution in [0.4, 0.5) is 5.69 Å². The second kappa shape index (κ2) is 7.94. The summed E-state index contributed by atoms with van der Waals surface area (Å²) in [6.07, 6.45) is -0.696. The number of methoxy groups -OCH3 is 2. The molecule has 4 N–H and O–H groups in total. The lowest BCUT2D eigenvalue weighted by Crippen LogP contribution is -2.41. The molecule has 0 aliphatic heterocycles. The van der Waals surface area contributed by atoms with Crippen molar-refractivity contribution in [2.24, 2.45) is 0 Å². The third-order valence-electron chi connectivity index (χ3n) is 3.67. The molecule has 0 aliphatic rings. The Morgan fingerprint density at radius 1 is 1.35 bits per heavy atom. The number of rotatable bonds is 8. The normalized spacial score (nSPS) is 12.7. The van der Waals surface area contributed by atoms with Gasteiger partial charge in [0.15, 0.2) is 6.10 Å². The van der Waals surface area contributed by atoms with Crippen molar-refractivity contribution in [3.05, 3.63) is 29.3 Å². The van der Waals surface area contributed by atoms with Gasteiger partial charge in [0.05, 0.1) is 12.7 Å². The first-order valence-corrected chi connectivity index (χ1v) is 7.17. The molecule has 0 heterocycles. The number of nitrogens with one attached hydrogen (secondary N) is 1. The molecule has 128 valence electrons. The van der Waals surface area contributed by atoms with E-state index in [1.807, 2.05) is 13.8 Å². The maximum atomic E-state index is 11.5. The summed E-state index contributed by atoms with van der Waals surface area (Å²) in [4.78, 5) is 22.6. The van der Waals surface area contributed by atoms with Crippen LogP contribution in [-0.4, -0.2) is 50.5 Å². The van der Waals surface area contributed by atoms with E-state index in [1.165, 1.54) is 20.3 Å². The first kappa shape index (κ1) is 18.9. The van der Waals surface area contributed by atoms with Crippen molar-refractivity contribution in [3.63, 3.8) is 0 Å². The van der Waals surface area contributed by atoms with Gasteiger partial charge >= 0.3 is 11.9 Å². The topological polar surface area (TPSA) is 111 Å². The smallest absolute Gasteiger partial charge is 0.336 e. The molecule has 7 heteroatoms. The van der Waals surface area contributed by atoms with E-state index < -0.39 is 23.5 Å². The highest BCUT2D eigenvalue weighted by molar-refractivity contribution is 5.88. The van der Waals surface area contributed by atoms with Crippen LogP contribution in [-0.2, 0) is 19.7 Å². The second-order valence-electron chi connectivity index (χ2n) is 5.87. The van der Waals surface area contributed by atoms with Gasteiger partial charge in [-0.2, -0.15) is 0 Å². The molecule has 0 aliphatic carbocycles. The van der Waals surface area contributed by atoms with Crippen LogP contribution in [0.1, 0.15) is 29.8 Å². The van der Waals surface area contributed by atoms with Crippen LogP contribution in [0.15, 0.2) is 18.2 Å². The van der Waals surface area contributed by atoms with Crippen molar-refractivity contribution in [1.29, 1.82) is 0 Å². The molecule has 0 amide bonds. The number of benzene rings is 1. The zero-order chi connectivity index (χ0) is 17.6. The number of hydrogen-bond donors (Lipinski definition) is 3. The van der Waals surface area contributed by atoms with Crippen LogP contribution < -0.4 is 11.1 Å². The van der Waals surface area contributed by atoms with Gasteiger partial charge in [0.1, 0.15) is 0 Å². The highest BCUT2D eigenvalue weighted by Crippen LogP contribution is 2.28. The number of ether oxygens (including phenoxy) is 2. The maximum absolute atomic E-state index is 11.5. The molecule has 0 saturated carbocycles. The molecule has 0 bridgehead atoms. The number of aromatic carboxylic acids is 1. The number of esters is 1. The van der Waals surface area contributed by atoms with E-state index in [2.05, 4.69) is 10.1 Å².